The SMILES string of the molecule is CC[NH+](CC)CCN(C(=O)c1cc2ccccc2oc1=O)c1nc2ccccc2s1. The molecule has 0 aliphatic heterocycles. The molecule has 0 aliphatic rings. The fourth-order valence-corrected chi connectivity index (χ4v) is 4.48. The van der Waals surface area contributed by atoms with E-state index >= 15 is 0 Å². The molecule has 0 aliphatic carbocycles. The third-order valence-corrected chi connectivity index (χ3v) is 6.38. The normalized spacial score (nSPS) is 11.4. The van der Waals surface area contributed by atoms with Crippen LogP contribution in [0.25, 0.3) is 21.2 Å². The molecule has 30 heavy (non-hydrogen) atoms. The van der Waals surface area contributed by atoms with Crippen molar-refractivity contribution in [3.8, 4) is 0 Å². The maximum Gasteiger partial charge on any atom is 0.349 e. The van der Waals surface area contributed by atoms with Gasteiger partial charge in [0.2, 0.25) is 0 Å². The van der Waals surface area contributed by atoms with E-state index in [2.05, 4.69) is 18.8 Å². The van der Waals surface area contributed by atoms with Crippen LogP contribution in [0.1, 0.15) is 24.2 Å². The van der Waals surface area contributed by atoms with Crippen molar-refractivity contribution in [2.75, 3.05) is 31.1 Å². The van der Waals surface area contributed by atoms with E-state index in [1.54, 1.807) is 23.1 Å². The third-order valence-electron chi connectivity index (χ3n) is 5.32. The van der Waals surface area contributed by atoms with Gasteiger partial charge in [-0.1, -0.05) is 41.7 Å². The zero-order valence-corrected chi connectivity index (χ0v) is 17.9. The first-order chi connectivity index (χ1) is 14.6. The number of nitrogens with zero attached hydrogens (tertiary/aromatic N) is 2. The minimum atomic E-state index is -0.625. The van der Waals surface area contributed by atoms with E-state index < -0.39 is 5.63 Å². The molecule has 2 heterocycles. The molecule has 0 spiro atoms. The third kappa shape index (κ3) is 3.99. The Balaban J connectivity index is 1.75. The molecular formula is C23H24N3O3S+. The zero-order valence-electron chi connectivity index (χ0n) is 17.1. The lowest BCUT2D eigenvalue weighted by atomic mass is 10.1. The number of hydrogen-bond donors (Lipinski definition) is 1. The molecule has 0 saturated heterocycles. The largest absolute Gasteiger partial charge is 0.422 e. The first kappa shape index (κ1) is 20.3. The Hall–Kier alpha value is -3.03. The Morgan fingerprint density at radius 3 is 2.60 bits per heavy atom. The smallest absolute Gasteiger partial charge is 0.349 e. The first-order valence-electron chi connectivity index (χ1n) is 10.1. The number of anilines is 1. The summed E-state index contributed by atoms with van der Waals surface area (Å²) < 4.78 is 6.41. The molecule has 4 rings (SSSR count). The van der Waals surface area contributed by atoms with Gasteiger partial charge in [0.05, 0.1) is 36.4 Å². The lowest BCUT2D eigenvalue weighted by Crippen LogP contribution is -3.12. The summed E-state index contributed by atoms with van der Waals surface area (Å²) >= 11 is 1.46. The molecule has 0 saturated carbocycles. The Bertz CT molecular complexity index is 1210. The van der Waals surface area contributed by atoms with Gasteiger partial charge in [0.25, 0.3) is 5.91 Å². The van der Waals surface area contributed by atoms with Crippen molar-refractivity contribution in [3.05, 3.63) is 70.6 Å². The van der Waals surface area contributed by atoms with Crippen molar-refractivity contribution in [3.63, 3.8) is 0 Å². The lowest BCUT2D eigenvalue weighted by Gasteiger charge is -2.22. The second kappa shape index (κ2) is 8.77. The van der Waals surface area contributed by atoms with E-state index in [1.165, 1.54) is 16.2 Å². The Morgan fingerprint density at radius 1 is 1.10 bits per heavy atom. The van der Waals surface area contributed by atoms with Crippen LogP contribution in [-0.2, 0) is 0 Å². The van der Waals surface area contributed by atoms with Crippen LogP contribution in [0.15, 0.2) is 63.8 Å². The van der Waals surface area contributed by atoms with Gasteiger partial charge in [-0.2, -0.15) is 0 Å². The van der Waals surface area contributed by atoms with Crippen LogP contribution in [0.5, 0.6) is 0 Å². The number of amides is 1. The first-order valence-corrected chi connectivity index (χ1v) is 11.0. The number of para-hydroxylation sites is 2. The minimum absolute atomic E-state index is 0.0301. The Kier molecular flexibility index (Phi) is 5.92. The van der Waals surface area contributed by atoms with Crippen LogP contribution >= 0.6 is 11.3 Å². The van der Waals surface area contributed by atoms with Crippen molar-refractivity contribution in [2.45, 2.75) is 13.8 Å². The second-order valence-electron chi connectivity index (χ2n) is 7.11. The molecule has 7 heteroatoms. The predicted molar refractivity (Wildman–Crippen MR) is 121 cm³/mol. The Morgan fingerprint density at radius 2 is 1.83 bits per heavy atom. The van der Waals surface area contributed by atoms with E-state index in [4.69, 9.17) is 4.42 Å². The average molecular weight is 423 g/mol. The van der Waals surface area contributed by atoms with Gasteiger partial charge >= 0.3 is 5.63 Å². The summed E-state index contributed by atoms with van der Waals surface area (Å²) in [7, 11) is 0. The molecule has 2 aromatic heterocycles. The van der Waals surface area contributed by atoms with Gasteiger partial charge in [0, 0.05) is 5.39 Å². The number of benzene rings is 2. The number of carbonyl (C=O) groups excluding carboxylic acids is 1. The van der Waals surface area contributed by atoms with Crippen LogP contribution < -0.4 is 15.4 Å². The number of fused-ring (bicyclic) bond motifs is 2. The highest BCUT2D eigenvalue weighted by atomic mass is 32.1. The van der Waals surface area contributed by atoms with E-state index in [0.29, 0.717) is 17.3 Å². The summed E-state index contributed by atoms with van der Waals surface area (Å²) in [6.07, 6.45) is 0. The van der Waals surface area contributed by atoms with Gasteiger partial charge in [-0.25, -0.2) is 9.78 Å². The van der Waals surface area contributed by atoms with Crippen molar-refractivity contribution < 1.29 is 14.1 Å². The average Bonchev–Trinajstić information content (AvgIpc) is 3.19. The fourth-order valence-electron chi connectivity index (χ4n) is 3.49. The van der Waals surface area contributed by atoms with Crippen molar-refractivity contribution in [1.29, 1.82) is 0 Å². The number of thiazole rings is 1. The summed E-state index contributed by atoms with van der Waals surface area (Å²) in [6.45, 7) is 7.43. The monoisotopic (exact) mass is 422 g/mol. The summed E-state index contributed by atoms with van der Waals surface area (Å²) in [6, 6.07) is 16.6. The predicted octanol–water partition coefficient (Wildman–Crippen LogP) is 2.97. The highest BCUT2D eigenvalue weighted by Crippen LogP contribution is 2.29. The van der Waals surface area contributed by atoms with E-state index in [1.807, 2.05) is 36.4 Å². The van der Waals surface area contributed by atoms with Crippen LogP contribution in [0.2, 0.25) is 0 Å². The molecule has 0 unspecified atom stereocenters. The molecule has 0 radical (unpaired) electrons. The number of carbonyl (C=O) groups is 1. The molecular weight excluding hydrogens is 398 g/mol. The fraction of sp³-hybridized carbons (Fsp3) is 0.261. The van der Waals surface area contributed by atoms with Crippen molar-refractivity contribution in [1.82, 2.24) is 4.98 Å². The molecule has 1 amide bonds. The molecule has 6 nitrogen and oxygen atoms in total. The number of rotatable bonds is 7. The van der Waals surface area contributed by atoms with E-state index in [0.717, 1.165) is 35.2 Å². The molecule has 154 valence electrons. The number of aromatic nitrogens is 1. The van der Waals surface area contributed by atoms with Gasteiger partial charge in [0.1, 0.15) is 11.1 Å². The summed E-state index contributed by atoms with van der Waals surface area (Å²) in [5, 5.41) is 1.32. The Labute approximate surface area is 178 Å². The number of nitrogens with one attached hydrogen (secondary N) is 1. The standard InChI is InChI=1S/C23H23N3O3S/c1-3-25(4-2)13-14-26(23-24-18-10-6-8-12-20(18)30-23)21(27)17-15-16-9-5-7-11-19(16)29-22(17)28/h5-12,15H,3-4,13-14H2,1-2H3/p+1. The lowest BCUT2D eigenvalue weighted by molar-refractivity contribution is -0.894. The van der Waals surface area contributed by atoms with Crippen LogP contribution in [-0.4, -0.2) is 37.1 Å². The van der Waals surface area contributed by atoms with Crippen molar-refractivity contribution >= 4 is 43.6 Å². The van der Waals surface area contributed by atoms with Crippen LogP contribution in [0, 0.1) is 0 Å². The van der Waals surface area contributed by atoms with Gasteiger partial charge in [-0.3, -0.25) is 9.69 Å². The van der Waals surface area contributed by atoms with Crippen molar-refractivity contribution in [2.24, 2.45) is 0 Å². The quantitative estimate of drug-likeness (QED) is 0.465. The summed E-state index contributed by atoms with van der Waals surface area (Å²) in [5.74, 6) is -0.375. The highest BCUT2D eigenvalue weighted by Gasteiger charge is 2.26. The van der Waals surface area contributed by atoms with E-state index in [9.17, 15) is 9.59 Å². The number of hydrogen-bond acceptors (Lipinski definition) is 5. The maximum atomic E-state index is 13.5. The number of quaternary nitrogens is 1. The van der Waals surface area contributed by atoms with Crippen LogP contribution in [0.4, 0.5) is 5.13 Å². The molecule has 0 fully saturated rings. The number of likely N-dealkylation sites (N-methyl/N-ethyl adjacent to an activating group) is 1. The van der Waals surface area contributed by atoms with Gasteiger partial charge in [0.15, 0.2) is 5.13 Å². The summed E-state index contributed by atoms with van der Waals surface area (Å²) in [5.41, 5.74) is 0.719. The highest BCUT2D eigenvalue weighted by molar-refractivity contribution is 7.22. The molecule has 0 bridgehead atoms. The zero-order chi connectivity index (χ0) is 21.1. The van der Waals surface area contributed by atoms with Gasteiger partial charge < -0.3 is 9.32 Å². The maximum absolute atomic E-state index is 13.5. The van der Waals surface area contributed by atoms with Gasteiger partial charge in [-0.05, 0) is 38.1 Å². The topological polar surface area (TPSA) is 67.8 Å². The molecule has 0 atom stereocenters. The molecule has 4 aromatic rings. The second-order valence-corrected chi connectivity index (χ2v) is 8.12. The van der Waals surface area contributed by atoms with E-state index in [-0.39, 0.29) is 11.5 Å². The van der Waals surface area contributed by atoms with Crippen LogP contribution in [0.3, 0.4) is 0 Å². The molecule has 1 N–H and O–H groups in total. The molecule has 2 aromatic carbocycles. The minimum Gasteiger partial charge on any atom is -0.422 e. The summed E-state index contributed by atoms with van der Waals surface area (Å²) in [4.78, 5) is 33.8. The van der Waals surface area contributed by atoms with Gasteiger partial charge in [-0.15, -0.1) is 0 Å².